The first kappa shape index (κ1) is 22.1. The van der Waals surface area contributed by atoms with E-state index in [2.05, 4.69) is 10.4 Å². The first-order valence-electron chi connectivity index (χ1n) is 11.0. The number of carbonyl (C=O) groups is 1. The van der Waals surface area contributed by atoms with Crippen LogP contribution in [0, 0.1) is 17.0 Å². The SMILES string of the molecule is COc1ccc([C@@H]2Nc3ccccc3C(=O)N2c2ccc(C)cc2)cc1Cn1cc([N+](=O)[O-])cn1. The first-order valence-corrected chi connectivity index (χ1v) is 11.0. The number of hydrogen-bond acceptors (Lipinski definition) is 6. The molecule has 0 bridgehead atoms. The molecule has 9 nitrogen and oxygen atoms in total. The van der Waals surface area contributed by atoms with Crippen molar-refractivity contribution in [2.24, 2.45) is 0 Å². The third-order valence-electron chi connectivity index (χ3n) is 6.02. The van der Waals surface area contributed by atoms with E-state index >= 15 is 0 Å². The second kappa shape index (κ2) is 8.94. The molecule has 0 aliphatic carbocycles. The lowest BCUT2D eigenvalue weighted by atomic mass is 10.0. The molecule has 0 fully saturated rings. The molecule has 176 valence electrons. The van der Waals surface area contributed by atoms with Crippen molar-refractivity contribution in [1.82, 2.24) is 9.78 Å². The number of nitrogens with one attached hydrogen (secondary N) is 1. The number of rotatable bonds is 6. The standard InChI is InChI=1S/C26H23N5O4/c1-17-7-10-20(11-8-17)30-25(28-23-6-4-3-5-22(23)26(30)32)18-9-12-24(35-2)19(13-18)15-29-16-21(14-27-29)31(33)34/h3-14,16,25,28H,15H2,1-2H3/t25-/m1/s1. The van der Waals surface area contributed by atoms with E-state index in [0.717, 1.165) is 28.1 Å². The van der Waals surface area contributed by atoms with Crippen molar-refractivity contribution in [3.63, 3.8) is 0 Å². The Labute approximate surface area is 201 Å². The summed E-state index contributed by atoms with van der Waals surface area (Å²) in [5.41, 5.74) is 4.76. The van der Waals surface area contributed by atoms with Crippen molar-refractivity contribution in [2.45, 2.75) is 19.6 Å². The van der Waals surface area contributed by atoms with Crippen LogP contribution in [0.25, 0.3) is 0 Å². The number of nitrogens with zero attached hydrogens (tertiary/aromatic N) is 4. The zero-order valence-corrected chi connectivity index (χ0v) is 19.2. The highest BCUT2D eigenvalue weighted by Gasteiger charge is 2.34. The van der Waals surface area contributed by atoms with Crippen molar-refractivity contribution < 1.29 is 14.5 Å². The number of fused-ring (bicyclic) bond motifs is 1. The molecule has 0 saturated heterocycles. The molecule has 0 saturated carbocycles. The number of nitro groups is 1. The molecule has 1 aliphatic rings. The topological polar surface area (TPSA) is 103 Å². The average Bonchev–Trinajstić information content (AvgIpc) is 3.34. The van der Waals surface area contributed by atoms with E-state index in [4.69, 9.17) is 4.74 Å². The molecule has 1 aliphatic heterocycles. The predicted molar refractivity (Wildman–Crippen MR) is 132 cm³/mol. The van der Waals surface area contributed by atoms with Gasteiger partial charge in [-0.3, -0.25) is 24.5 Å². The van der Waals surface area contributed by atoms with E-state index in [1.54, 1.807) is 12.0 Å². The number of benzene rings is 3. The number of para-hydroxylation sites is 1. The van der Waals surface area contributed by atoms with Crippen LogP contribution >= 0.6 is 0 Å². The fourth-order valence-electron chi connectivity index (χ4n) is 4.26. The van der Waals surface area contributed by atoms with Gasteiger partial charge in [0.15, 0.2) is 0 Å². The number of aromatic nitrogens is 2. The molecule has 4 aromatic rings. The van der Waals surface area contributed by atoms with Crippen molar-refractivity contribution in [3.05, 3.63) is 111 Å². The van der Waals surface area contributed by atoms with Gasteiger partial charge in [0.05, 0.1) is 24.1 Å². The number of methoxy groups -OCH3 is 1. The van der Waals surface area contributed by atoms with Crippen LogP contribution < -0.4 is 15.0 Å². The van der Waals surface area contributed by atoms with Crippen LogP contribution in [0.15, 0.2) is 79.1 Å². The number of carbonyl (C=O) groups excluding carboxylic acids is 1. The number of ether oxygens (including phenoxy) is 1. The van der Waals surface area contributed by atoms with Gasteiger partial charge >= 0.3 is 5.69 Å². The van der Waals surface area contributed by atoms with Crippen LogP contribution in [0.1, 0.15) is 33.2 Å². The monoisotopic (exact) mass is 469 g/mol. The maximum absolute atomic E-state index is 13.6. The van der Waals surface area contributed by atoms with Gasteiger partial charge in [-0.15, -0.1) is 0 Å². The summed E-state index contributed by atoms with van der Waals surface area (Å²) in [6.07, 6.45) is 2.12. The van der Waals surface area contributed by atoms with Gasteiger partial charge in [-0.1, -0.05) is 35.9 Å². The van der Waals surface area contributed by atoms with E-state index in [1.807, 2.05) is 73.7 Å². The number of anilines is 2. The molecule has 9 heteroatoms. The lowest BCUT2D eigenvalue weighted by molar-refractivity contribution is -0.385. The lowest BCUT2D eigenvalue weighted by Gasteiger charge is -2.38. The fourth-order valence-corrected chi connectivity index (χ4v) is 4.26. The normalized spacial score (nSPS) is 14.9. The van der Waals surface area contributed by atoms with Crippen molar-refractivity contribution in [2.75, 3.05) is 17.3 Å². The molecule has 1 aromatic heterocycles. The maximum atomic E-state index is 13.6. The second-order valence-electron chi connectivity index (χ2n) is 8.33. The minimum Gasteiger partial charge on any atom is -0.496 e. The second-order valence-corrected chi connectivity index (χ2v) is 8.33. The molecule has 1 N–H and O–H groups in total. The molecule has 0 radical (unpaired) electrons. The maximum Gasteiger partial charge on any atom is 0.307 e. The summed E-state index contributed by atoms with van der Waals surface area (Å²) in [7, 11) is 1.57. The Morgan fingerprint density at radius 2 is 1.89 bits per heavy atom. The van der Waals surface area contributed by atoms with E-state index in [-0.39, 0.29) is 18.1 Å². The third-order valence-corrected chi connectivity index (χ3v) is 6.02. The lowest BCUT2D eigenvalue weighted by Crippen LogP contribution is -2.43. The van der Waals surface area contributed by atoms with Gasteiger partial charge < -0.3 is 10.1 Å². The summed E-state index contributed by atoms with van der Waals surface area (Å²) in [6.45, 7) is 2.27. The Kier molecular flexibility index (Phi) is 5.66. The molecule has 3 aromatic carbocycles. The zero-order chi connectivity index (χ0) is 24.5. The molecule has 5 rings (SSSR count). The minimum atomic E-state index is -0.481. The van der Waals surface area contributed by atoms with Gasteiger partial charge in [-0.25, -0.2) is 0 Å². The van der Waals surface area contributed by atoms with Gasteiger partial charge in [-0.05, 0) is 48.9 Å². The Morgan fingerprint density at radius 1 is 1.11 bits per heavy atom. The van der Waals surface area contributed by atoms with Gasteiger partial charge in [0, 0.05) is 16.9 Å². The summed E-state index contributed by atoms with van der Waals surface area (Å²) in [5.74, 6) is 0.518. The first-order chi connectivity index (χ1) is 16.9. The molecular weight excluding hydrogens is 446 g/mol. The Bertz CT molecular complexity index is 1410. The highest BCUT2D eigenvalue weighted by Crippen LogP contribution is 2.38. The molecule has 0 unspecified atom stereocenters. The molecule has 0 spiro atoms. The van der Waals surface area contributed by atoms with Crippen LogP contribution in [0.5, 0.6) is 5.75 Å². The molecule has 35 heavy (non-hydrogen) atoms. The van der Waals surface area contributed by atoms with Gasteiger partial charge in [0.2, 0.25) is 0 Å². The summed E-state index contributed by atoms with van der Waals surface area (Å²) in [6, 6.07) is 20.9. The summed E-state index contributed by atoms with van der Waals surface area (Å²) < 4.78 is 7.03. The van der Waals surface area contributed by atoms with E-state index in [1.165, 1.54) is 17.1 Å². The number of amides is 1. The highest BCUT2D eigenvalue weighted by molar-refractivity contribution is 6.12. The summed E-state index contributed by atoms with van der Waals surface area (Å²) >= 11 is 0. The zero-order valence-electron chi connectivity index (χ0n) is 19.2. The van der Waals surface area contributed by atoms with Crippen LogP contribution in [0.4, 0.5) is 17.1 Å². The quantitative estimate of drug-likeness (QED) is 0.317. The summed E-state index contributed by atoms with van der Waals surface area (Å²) in [4.78, 5) is 26.0. The fraction of sp³-hybridized carbons (Fsp3) is 0.154. The molecule has 1 atom stereocenters. The Balaban J connectivity index is 1.57. The summed E-state index contributed by atoms with van der Waals surface area (Å²) in [5, 5.41) is 18.7. The largest absolute Gasteiger partial charge is 0.496 e. The van der Waals surface area contributed by atoms with Crippen LogP contribution in [-0.4, -0.2) is 27.7 Å². The van der Waals surface area contributed by atoms with Crippen LogP contribution in [-0.2, 0) is 6.54 Å². The Morgan fingerprint density at radius 3 is 2.60 bits per heavy atom. The third kappa shape index (κ3) is 4.19. The van der Waals surface area contributed by atoms with Crippen molar-refractivity contribution >= 4 is 23.0 Å². The van der Waals surface area contributed by atoms with E-state index in [0.29, 0.717) is 11.3 Å². The predicted octanol–water partition coefficient (Wildman–Crippen LogP) is 4.93. The van der Waals surface area contributed by atoms with Crippen molar-refractivity contribution in [1.29, 1.82) is 0 Å². The van der Waals surface area contributed by atoms with Gasteiger partial charge in [0.1, 0.15) is 24.3 Å². The van der Waals surface area contributed by atoms with Crippen LogP contribution in [0.2, 0.25) is 0 Å². The molecule has 2 heterocycles. The average molecular weight is 470 g/mol. The highest BCUT2D eigenvalue weighted by atomic mass is 16.6. The van der Waals surface area contributed by atoms with E-state index < -0.39 is 11.1 Å². The molecule has 1 amide bonds. The molecular formula is C26H23N5O4. The van der Waals surface area contributed by atoms with Gasteiger partial charge in [-0.2, -0.15) is 5.10 Å². The smallest absolute Gasteiger partial charge is 0.307 e. The van der Waals surface area contributed by atoms with E-state index in [9.17, 15) is 14.9 Å². The number of aryl methyl sites for hydroxylation is 1. The minimum absolute atomic E-state index is 0.0816. The van der Waals surface area contributed by atoms with Crippen molar-refractivity contribution in [3.8, 4) is 5.75 Å². The van der Waals surface area contributed by atoms with Crippen LogP contribution in [0.3, 0.4) is 0 Å². The van der Waals surface area contributed by atoms with Gasteiger partial charge in [0.25, 0.3) is 5.91 Å². The Hall–Kier alpha value is -4.66. The number of hydrogen-bond donors (Lipinski definition) is 1.